The smallest absolute Gasteiger partial charge is 0.336 e. The fourth-order valence-electron chi connectivity index (χ4n) is 2.66. The molecule has 1 amide bonds. The van der Waals surface area contributed by atoms with Crippen LogP contribution in [0.2, 0.25) is 0 Å². The summed E-state index contributed by atoms with van der Waals surface area (Å²) < 4.78 is 10.3. The summed E-state index contributed by atoms with van der Waals surface area (Å²) >= 11 is 0. The Morgan fingerprint density at radius 2 is 2.00 bits per heavy atom. The molecule has 1 unspecified atom stereocenters. The third-order valence-electron chi connectivity index (χ3n) is 3.96. The fraction of sp³-hybridized carbons (Fsp3) is 0.375. The summed E-state index contributed by atoms with van der Waals surface area (Å²) in [6.07, 6.45) is 1.61. The standard InChI is InChI=1S/C16H18N2O4/c17-15(10-5-7-21-8-6-10)16(20)18-12-2-3-13-11(9-12)1-4-14(19)22-13/h1-4,9-10,15H,5-8,17H2,(H,18,20). The quantitative estimate of drug-likeness (QED) is 0.838. The maximum absolute atomic E-state index is 12.3. The Morgan fingerprint density at radius 1 is 1.23 bits per heavy atom. The van der Waals surface area contributed by atoms with Gasteiger partial charge in [0.2, 0.25) is 5.91 Å². The lowest BCUT2D eigenvalue weighted by atomic mass is 9.92. The fourth-order valence-corrected chi connectivity index (χ4v) is 2.66. The van der Waals surface area contributed by atoms with Gasteiger partial charge in [-0.3, -0.25) is 4.79 Å². The van der Waals surface area contributed by atoms with Crippen LogP contribution in [-0.2, 0) is 9.53 Å². The number of nitrogens with two attached hydrogens (primary N) is 1. The number of benzene rings is 1. The average molecular weight is 302 g/mol. The molecular formula is C16H18N2O4. The number of amides is 1. The van der Waals surface area contributed by atoms with Gasteiger partial charge in [0.15, 0.2) is 0 Å². The van der Waals surface area contributed by atoms with E-state index >= 15 is 0 Å². The highest BCUT2D eigenvalue weighted by molar-refractivity contribution is 5.96. The van der Waals surface area contributed by atoms with Crippen LogP contribution >= 0.6 is 0 Å². The van der Waals surface area contributed by atoms with E-state index in [1.807, 2.05) is 0 Å². The van der Waals surface area contributed by atoms with Crippen LogP contribution in [0, 0.1) is 5.92 Å². The monoisotopic (exact) mass is 302 g/mol. The second kappa shape index (κ2) is 6.29. The third-order valence-corrected chi connectivity index (χ3v) is 3.96. The Kier molecular flexibility index (Phi) is 4.22. The van der Waals surface area contributed by atoms with Crippen LogP contribution in [-0.4, -0.2) is 25.2 Å². The molecule has 6 heteroatoms. The van der Waals surface area contributed by atoms with E-state index in [2.05, 4.69) is 5.32 Å². The number of hydrogen-bond acceptors (Lipinski definition) is 5. The zero-order valence-electron chi connectivity index (χ0n) is 12.1. The Labute approximate surface area is 127 Å². The molecule has 1 saturated heterocycles. The highest BCUT2D eigenvalue weighted by Gasteiger charge is 2.26. The van der Waals surface area contributed by atoms with E-state index in [1.54, 1.807) is 24.3 Å². The second-order valence-corrected chi connectivity index (χ2v) is 5.47. The van der Waals surface area contributed by atoms with E-state index in [1.165, 1.54) is 6.07 Å². The molecule has 1 aromatic heterocycles. The Balaban J connectivity index is 1.73. The molecule has 0 saturated carbocycles. The van der Waals surface area contributed by atoms with Gasteiger partial charge < -0.3 is 20.2 Å². The molecular weight excluding hydrogens is 284 g/mol. The molecule has 0 spiro atoms. The van der Waals surface area contributed by atoms with Gasteiger partial charge in [-0.1, -0.05) is 0 Å². The third kappa shape index (κ3) is 3.18. The van der Waals surface area contributed by atoms with E-state index in [9.17, 15) is 9.59 Å². The summed E-state index contributed by atoms with van der Waals surface area (Å²) in [6.45, 7) is 1.31. The molecule has 1 aliphatic heterocycles. The van der Waals surface area contributed by atoms with Gasteiger partial charge >= 0.3 is 5.63 Å². The Hall–Kier alpha value is -2.18. The lowest BCUT2D eigenvalue weighted by Crippen LogP contribution is -2.43. The van der Waals surface area contributed by atoms with E-state index in [-0.39, 0.29) is 11.8 Å². The number of fused-ring (bicyclic) bond motifs is 1. The summed E-state index contributed by atoms with van der Waals surface area (Å²) in [5.41, 5.74) is 6.77. The van der Waals surface area contributed by atoms with Gasteiger partial charge in [0.25, 0.3) is 0 Å². The number of anilines is 1. The van der Waals surface area contributed by atoms with Crippen LogP contribution in [0.4, 0.5) is 5.69 Å². The predicted octanol–water partition coefficient (Wildman–Crippen LogP) is 1.49. The van der Waals surface area contributed by atoms with Crippen LogP contribution < -0.4 is 16.7 Å². The van der Waals surface area contributed by atoms with E-state index in [0.717, 1.165) is 18.2 Å². The first-order valence-corrected chi connectivity index (χ1v) is 7.31. The molecule has 0 bridgehead atoms. The molecule has 2 aromatic rings. The first kappa shape index (κ1) is 14.7. The summed E-state index contributed by atoms with van der Waals surface area (Å²) in [4.78, 5) is 23.4. The highest BCUT2D eigenvalue weighted by Crippen LogP contribution is 2.21. The molecule has 3 rings (SSSR count). The van der Waals surface area contributed by atoms with Crippen molar-refractivity contribution in [2.24, 2.45) is 11.7 Å². The molecule has 3 N–H and O–H groups in total. The number of carbonyl (C=O) groups is 1. The van der Waals surface area contributed by atoms with Crippen molar-refractivity contribution in [2.75, 3.05) is 18.5 Å². The lowest BCUT2D eigenvalue weighted by molar-refractivity contribution is -0.119. The summed E-state index contributed by atoms with van der Waals surface area (Å²) in [5, 5.41) is 3.57. The minimum Gasteiger partial charge on any atom is -0.423 e. The van der Waals surface area contributed by atoms with Crippen molar-refractivity contribution in [3.05, 3.63) is 40.8 Å². The van der Waals surface area contributed by atoms with Crippen LogP contribution in [0.1, 0.15) is 12.8 Å². The van der Waals surface area contributed by atoms with Crippen molar-refractivity contribution in [2.45, 2.75) is 18.9 Å². The number of ether oxygens (including phenoxy) is 1. The summed E-state index contributed by atoms with van der Waals surface area (Å²) in [5.74, 6) is -0.0594. The molecule has 1 aromatic carbocycles. The molecule has 0 aliphatic carbocycles. The number of carbonyl (C=O) groups excluding carboxylic acids is 1. The zero-order chi connectivity index (χ0) is 15.5. The lowest BCUT2D eigenvalue weighted by Gasteiger charge is -2.26. The van der Waals surface area contributed by atoms with Gasteiger partial charge in [0.1, 0.15) is 5.58 Å². The maximum atomic E-state index is 12.3. The van der Waals surface area contributed by atoms with Crippen molar-refractivity contribution in [3.8, 4) is 0 Å². The Bertz CT molecular complexity index is 734. The molecule has 1 aliphatic rings. The largest absolute Gasteiger partial charge is 0.423 e. The van der Waals surface area contributed by atoms with E-state index in [0.29, 0.717) is 24.5 Å². The van der Waals surface area contributed by atoms with Crippen molar-refractivity contribution in [1.82, 2.24) is 0 Å². The molecule has 116 valence electrons. The van der Waals surface area contributed by atoms with Gasteiger partial charge in [0.05, 0.1) is 6.04 Å². The van der Waals surface area contributed by atoms with Crippen molar-refractivity contribution < 1.29 is 13.9 Å². The summed E-state index contributed by atoms with van der Waals surface area (Å²) in [6, 6.07) is 7.57. The normalized spacial score (nSPS) is 17.3. The van der Waals surface area contributed by atoms with Crippen molar-refractivity contribution >= 4 is 22.6 Å². The molecule has 1 fully saturated rings. The number of nitrogens with one attached hydrogen (secondary N) is 1. The molecule has 1 atom stereocenters. The predicted molar refractivity (Wildman–Crippen MR) is 82.6 cm³/mol. The van der Waals surface area contributed by atoms with E-state index in [4.69, 9.17) is 14.9 Å². The number of hydrogen-bond donors (Lipinski definition) is 2. The first-order valence-electron chi connectivity index (χ1n) is 7.31. The van der Waals surface area contributed by atoms with Crippen LogP contribution in [0.3, 0.4) is 0 Å². The molecule has 2 heterocycles. The minimum atomic E-state index is -0.548. The van der Waals surface area contributed by atoms with E-state index < -0.39 is 11.7 Å². The maximum Gasteiger partial charge on any atom is 0.336 e. The first-order chi connectivity index (χ1) is 10.6. The molecule has 0 radical (unpaired) electrons. The average Bonchev–Trinajstić information content (AvgIpc) is 2.55. The van der Waals surface area contributed by atoms with Gasteiger partial charge in [0, 0.05) is 30.4 Å². The minimum absolute atomic E-state index is 0.146. The topological polar surface area (TPSA) is 94.6 Å². The second-order valence-electron chi connectivity index (χ2n) is 5.47. The molecule has 22 heavy (non-hydrogen) atoms. The SMILES string of the molecule is NC(C(=O)Nc1ccc2oc(=O)ccc2c1)C1CCOCC1. The van der Waals surface area contributed by atoms with Gasteiger partial charge in [-0.05, 0) is 43.0 Å². The van der Waals surface area contributed by atoms with Crippen LogP contribution in [0.5, 0.6) is 0 Å². The van der Waals surface area contributed by atoms with Crippen molar-refractivity contribution in [3.63, 3.8) is 0 Å². The Morgan fingerprint density at radius 3 is 2.77 bits per heavy atom. The van der Waals surface area contributed by atoms with Gasteiger partial charge in [-0.25, -0.2) is 4.79 Å². The van der Waals surface area contributed by atoms with Crippen molar-refractivity contribution in [1.29, 1.82) is 0 Å². The van der Waals surface area contributed by atoms with Crippen LogP contribution in [0.25, 0.3) is 11.0 Å². The van der Waals surface area contributed by atoms with Crippen LogP contribution in [0.15, 0.2) is 39.5 Å². The molecule has 6 nitrogen and oxygen atoms in total. The number of rotatable bonds is 3. The zero-order valence-corrected chi connectivity index (χ0v) is 12.1. The summed E-state index contributed by atoms with van der Waals surface area (Å²) in [7, 11) is 0. The highest BCUT2D eigenvalue weighted by atomic mass is 16.5. The van der Waals surface area contributed by atoms with Gasteiger partial charge in [-0.2, -0.15) is 0 Å². The van der Waals surface area contributed by atoms with Gasteiger partial charge in [-0.15, -0.1) is 0 Å².